The summed E-state index contributed by atoms with van der Waals surface area (Å²) >= 11 is 6.64. The molecule has 0 fully saturated rings. The Morgan fingerprint density at radius 1 is 1.03 bits per heavy atom. The Morgan fingerprint density at radius 2 is 1.69 bits per heavy atom. The van der Waals surface area contributed by atoms with Gasteiger partial charge in [-0.25, -0.2) is 0 Å². The van der Waals surface area contributed by atoms with Gasteiger partial charge in [-0.15, -0.1) is 0 Å². The number of carbonyl (C=O) groups excluding carboxylic acids is 2. The molecular formula is C25H31Br2N3O6. The Morgan fingerprint density at radius 3 is 2.22 bits per heavy atom. The highest BCUT2D eigenvalue weighted by molar-refractivity contribution is 9.10. The van der Waals surface area contributed by atoms with Crippen molar-refractivity contribution in [3.63, 3.8) is 0 Å². The molecule has 0 aliphatic carbocycles. The topological polar surface area (TPSA) is 148 Å². The van der Waals surface area contributed by atoms with E-state index < -0.39 is 5.97 Å². The van der Waals surface area contributed by atoms with Gasteiger partial charge in [-0.05, 0) is 44.2 Å². The number of nitrogens with one attached hydrogen (secondary N) is 1. The van der Waals surface area contributed by atoms with E-state index in [4.69, 9.17) is 20.7 Å². The van der Waals surface area contributed by atoms with E-state index in [1.807, 2.05) is 30.3 Å². The summed E-state index contributed by atoms with van der Waals surface area (Å²) in [4.78, 5) is 34.1. The summed E-state index contributed by atoms with van der Waals surface area (Å²) < 4.78 is 7.85. The highest BCUT2D eigenvalue weighted by atomic mass is 79.9. The van der Waals surface area contributed by atoms with Crippen LogP contribution in [0.1, 0.15) is 30.1 Å². The molecule has 196 valence electrons. The molecule has 0 atom stereocenters. The number of carbonyl (C=O) groups is 2. The van der Waals surface area contributed by atoms with Gasteiger partial charge in [0.05, 0.1) is 25.5 Å². The van der Waals surface area contributed by atoms with E-state index in [2.05, 4.69) is 37.0 Å². The van der Waals surface area contributed by atoms with Gasteiger partial charge < -0.3 is 20.7 Å². The normalized spacial score (nSPS) is 9.94. The highest BCUT2D eigenvalue weighted by Gasteiger charge is 2.12. The van der Waals surface area contributed by atoms with E-state index in [0.29, 0.717) is 18.7 Å². The van der Waals surface area contributed by atoms with Gasteiger partial charge in [0.2, 0.25) is 0 Å². The first-order valence-electron chi connectivity index (χ1n) is 11.2. The van der Waals surface area contributed by atoms with Gasteiger partial charge in [0.25, 0.3) is 5.56 Å². The number of Topliss-reactive ketones (excluding diaryl/α,β-unsaturated/α-hetero) is 1. The van der Waals surface area contributed by atoms with Gasteiger partial charge >= 0.3 is 5.97 Å². The number of hydrogen-bond donors (Lipinski definition) is 4. The van der Waals surface area contributed by atoms with Crippen molar-refractivity contribution < 1.29 is 24.5 Å². The van der Waals surface area contributed by atoms with Crippen molar-refractivity contribution in [2.24, 2.45) is 5.73 Å². The van der Waals surface area contributed by atoms with E-state index in [0.717, 1.165) is 26.6 Å². The number of benzene rings is 2. The fraction of sp³-hybridized carbons (Fsp3) is 0.320. The second-order valence-corrected chi connectivity index (χ2v) is 9.01. The predicted octanol–water partition coefficient (Wildman–Crippen LogP) is 3.51. The zero-order valence-electron chi connectivity index (χ0n) is 20.0. The number of nitrogens with two attached hydrogens (primary N) is 1. The number of nitrogens with zero attached hydrogens (tertiary/aromatic N) is 1. The van der Waals surface area contributed by atoms with Gasteiger partial charge in [-0.1, -0.05) is 56.1 Å². The summed E-state index contributed by atoms with van der Waals surface area (Å²) in [7, 11) is 0. The lowest BCUT2D eigenvalue weighted by Gasteiger charge is -2.01. The highest BCUT2D eigenvalue weighted by Crippen LogP contribution is 2.20. The number of hydrogen-bond acceptors (Lipinski definition) is 7. The average molecular weight is 629 g/mol. The molecule has 1 aromatic heterocycles. The van der Waals surface area contributed by atoms with Gasteiger partial charge in [0.15, 0.2) is 5.78 Å². The molecule has 0 spiro atoms. The number of aromatic amines is 1. The molecule has 3 aromatic rings. The summed E-state index contributed by atoms with van der Waals surface area (Å²) in [6, 6.07) is 16.1. The summed E-state index contributed by atoms with van der Waals surface area (Å²) in [5.41, 5.74) is 7.04. The maximum Gasteiger partial charge on any atom is 0.313 e. The zero-order valence-corrected chi connectivity index (χ0v) is 23.1. The second-order valence-electron chi connectivity index (χ2n) is 7.17. The monoisotopic (exact) mass is 627 g/mol. The number of ether oxygens (including phenoxy) is 1. The fourth-order valence-corrected chi connectivity index (χ4v) is 3.50. The lowest BCUT2D eigenvalue weighted by atomic mass is 10.1. The first-order chi connectivity index (χ1) is 17.2. The summed E-state index contributed by atoms with van der Waals surface area (Å²) in [5.74, 6) is -0.711. The average Bonchev–Trinajstić information content (AvgIpc) is 3.21. The number of ketones is 1. The summed E-state index contributed by atoms with van der Waals surface area (Å²) in [6.45, 7) is 3.05. The number of halogens is 2. The Kier molecular flexibility index (Phi) is 15.6. The third kappa shape index (κ3) is 11.9. The largest absolute Gasteiger partial charge is 0.466 e. The minimum Gasteiger partial charge on any atom is -0.466 e. The van der Waals surface area contributed by atoms with Crippen LogP contribution >= 0.6 is 31.9 Å². The SMILES string of the molecule is CCOC(=O)CC(=O)c1cccc(Br)c1.NCCCO.O=c1cc(-c2cccc(Br)c2)[nH]n1CCO. The number of aromatic nitrogens is 2. The van der Waals surface area contributed by atoms with Crippen LogP contribution in [0.4, 0.5) is 0 Å². The van der Waals surface area contributed by atoms with Crippen molar-refractivity contribution >= 4 is 43.6 Å². The summed E-state index contributed by atoms with van der Waals surface area (Å²) in [6.07, 6.45) is 0.518. The quantitative estimate of drug-likeness (QED) is 0.161. The van der Waals surface area contributed by atoms with Crippen LogP contribution in [-0.4, -0.2) is 58.1 Å². The van der Waals surface area contributed by atoms with Crippen LogP contribution in [0.2, 0.25) is 0 Å². The third-order valence-corrected chi connectivity index (χ3v) is 5.35. The first kappa shape index (κ1) is 31.5. The molecule has 9 nitrogen and oxygen atoms in total. The van der Waals surface area contributed by atoms with Crippen molar-refractivity contribution in [1.29, 1.82) is 0 Å². The number of esters is 1. The van der Waals surface area contributed by atoms with Gasteiger partial charge in [0.1, 0.15) is 6.42 Å². The number of H-pyrrole nitrogens is 1. The molecule has 0 saturated heterocycles. The van der Waals surface area contributed by atoms with Crippen molar-refractivity contribution in [3.8, 4) is 11.3 Å². The standard InChI is InChI=1S/C11H11BrN2O2.C11H11BrO3.C3H9NO/c12-9-3-1-2-8(6-9)10-7-11(16)14(13-10)4-5-15;1-2-15-11(14)7-10(13)8-4-3-5-9(12)6-8;4-2-1-3-5/h1-3,6-7,13,15H,4-5H2;3-6H,2,7H2,1H3;5H,1-4H2. The molecule has 11 heteroatoms. The fourth-order valence-electron chi connectivity index (χ4n) is 2.70. The maximum atomic E-state index is 11.6. The lowest BCUT2D eigenvalue weighted by Crippen LogP contribution is -2.17. The van der Waals surface area contributed by atoms with Crippen molar-refractivity contribution in [1.82, 2.24) is 9.78 Å². The summed E-state index contributed by atoms with van der Waals surface area (Å²) in [5, 5.41) is 19.7. The first-order valence-corrected chi connectivity index (χ1v) is 12.8. The molecule has 0 amide bonds. The number of aliphatic hydroxyl groups is 2. The smallest absolute Gasteiger partial charge is 0.313 e. The molecule has 0 saturated carbocycles. The van der Waals surface area contributed by atoms with Crippen LogP contribution in [0.15, 0.2) is 68.3 Å². The Balaban J connectivity index is 0.000000305. The molecule has 0 aliphatic heterocycles. The molecule has 0 aliphatic rings. The maximum absolute atomic E-state index is 11.6. The molecule has 5 N–H and O–H groups in total. The third-order valence-electron chi connectivity index (χ3n) is 4.37. The number of rotatable bonds is 9. The zero-order chi connectivity index (χ0) is 26.9. The molecule has 0 bridgehead atoms. The van der Waals surface area contributed by atoms with Crippen LogP contribution in [0.5, 0.6) is 0 Å². The Labute approximate surface area is 226 Å². The molecule has 0 unspecified atom stereocenters. The molecule has 2 aromatic carbocycles. The minimum absolute atomic E-state index is 0.0572. The van der Waals surface area contributed by atoms with E-state index in [1.54, 1.807) is 25.1 Å². The number of aliphatic hydroxyl groups excluding tert-OH is 2. The molecule has 0 radical (unpaired) electrons. The molecule has 36 heavy (non-hydrogen) atoms. The minimum atomic E-state index is -0.484. The van der Waals surface area contributed by atoms with Crippen molar-refractivity contribution in [2.75, 3.05) is 26.4 Å². The van der Waals surface area contributed by atoms with Crippen LogP contribution in [0, 0.1) is 0 Å². The van der Waals surface area contributed by atoms with Gasteiger partial charge in [-0.3, -0.25) is 24.2 Å². The molecule has 3 rings (SSSR count). The van der Waals surface area contributed by atoms with Crippen molar-refractivity contribution in [3.05, 3.63) is 79.5 Å². The van der Waals surface area contributed by atoms with Crippen LogP contribution < -0.4 is 11.3 Å². The van der Waals surface area contributed by atoms with Crippen LogP contribution in [0.3, 0.4) is 0 Å². The van der Waals surface area contributed by atoms with E-state index in [1.165, 1.54) is 10.7 Å². The molecular weight excluding hydrogens is 598 g/mol. The van der Waals surface area contributed by atoms with Gasteiger partial charge in [0, 0.05) is 32.7 Å². The van der Waals surface area contributed by atoms with Crippen LogP contribution in [0.25, 0.3) is 11.3 Å². The van der Waals surface area contributed by atoms with Crippen molar-refractivity contribution in [2.45, 2.75) is 26.3 Å². The van der Waals surface area contributed by atoms with Crippen LogP contribution in [-0.2, 0) is 16.1 Å². The predicted molar refractivity (Wildman–Crippen MR) is 146 cm³/mol. The van der Waals surface area contributed by atoms with E-state index in [-0.39, 0.29) is 37.5 Å². The Hall–Kier alpha value is -2.57. The van der Waals surface area contributed by atoms with E-state index >= 15 is 0 Å². The molecule has 1 heterocycles. The van der Waals surface area contributed by atoms with Gasteiger partial charge in [-0.2, -0.15) is 0 Å². The van der Waals surface area contributed by atoms with E-state index in [9.17, 15) is 14.4 Å². The second kappa shape index (κ2) is 17.8. The Bertz CT molecular complexity index is 1140. The lowest BCUT2D eigenvalue weighted by molar-refractivity contribution is -0.141.